The lowest BCUT2D eigenvalue weighted by Crippen LogP contribution is -2.19. The molecular weight excluding hydrogens is 362 g/mol. The standard InChI is InChI=1S/C11H12BrN5O3S/c1-13-10(18)7-4-3-5-8(6-7)15-21(19,20)11-9(12)14-16-17(11)2/h3-6,15H,1-2H3,(H,13,18). The summed E-state index contributed by atoms with van der Waals surface area (Å²) in [7, 11) is -0.908. The van der Waals surface area contributed by atoms with Gasteiger partial charge < -0.3 is 5.32 Å². The van der Waals surface area contributed by atoms with Crippen LogP contribution in [0.4, 0.5) is 5.69 Å². The molecule has 2 aromatic rings. The van der Waals surface area contributed by atoms with Crippen LogP contribution in [0.2, 0.25) is 0 Å². The molecule has 112 valence electrons. The van der Waals surface area contributed by atoms with Crippen LogP contribution in [0.5, 0.6) is 0 Å². The summed E-state index contributed by atoms with van der Waals surface area (Å²) in [4.78, 5) is 11.5. The molecule has 0 atom stereocenters. The molecule has 0 unspecified atom stereocenters. The number of hydrogen-bond donors (Lipinski definition) is 2. The Kier molecular flexibility index (Phi) is 4.28. The Bertz CT molecular complexity index is 767. The van der Waals surface area contributed by atoms with E-state index in [1.165, 1.54) is 20.2 Å². The zero-order valence-electron chi connectivity index (χ0n) is 11.2. The van der Waals surface area contributed by atoms with Crippen molar-refractivity contribution in [3.8, 4) is 0 Å². The van der Waals surface area contributed by atoms with Gasteiger partial charge in [-0.3, -0.25) is 9.52 Å². The number of amides is 1. The molecule has 2 rings (SSSR count). The van der Waals surface area contributed by atoms with E-state index in [0.29, 0.717) is 5.56 Å². The molecule has 0 radical (unpaired) electrons. The van der Waals surface area contributed by atoms with Crippen LogP contribution in [0.15, 0.2) is 33.9 Å². The van der Waals surface area contributed by atoms with Crippen molar-refractivity contribution in [1.29, 1.82) is 0 Å². The fourth-order valence-corrected chi connectivity index (χ4v) is 3.83. The van der Waals surface area contributed by atoms with Gasteiger partial charge in [0.2, 0.25) is 5.03 Å². The lowest BCUT2D eigenvalue weighted by molar-refractivity contribution is 0.0963. The number of carbonyl (C=O) groups excluding carboxylic acids is 1. The average molecular weight is 374 g/mol. The smallest absolute Gasteiger partial charge is 0.281 e. The lowest BCUT2D eigenvalue weighted by Gasteiger charge is -2.09. The normalized spacial score (nSPS) is 11.2. The molecule has 0 aliphatic rings. The molecule has 1 heterocycles. The van der Waals surface area contributed by atoms with Crippen LogP contribution in [0.1, 0.15) is 10.4 Å². The van der Waals surface area contributed by atoms with Gasteiger partial charge >= 0.3 is 0 Å². The number of aryl methyl sites for hydroxylation is 1. The van der Waals surface area contributed by atoms with Gasteiger partial charge in [-0.2, -0.15) is 8.42 Å². The van der Waals surface area contributed by atoms with E-state index >= 15 is 0 Å². The Labute approximate surface area is 129 Å². The van der Waals surface area contributed by atoms with Gasteiger partial charge in [-0.15, -0.1) is 5.10 Å². The van der Waals surface area contributed by atoms with Gasteiger partial charge in [0.05, 0.1) is 0 Å². The van der Waals surface area contributed by atoms with Crippen molar-refractivity contribution in [2.24, 2.45) is 7.05 Å². The quantitative estimate of drug-likeness (QED) is 0.821. The Morgan fingerprint density at radius 1 is 1.38 bits per heavy atom. The van der Waals surface area contributed by atoms with Crippen molar-refractivity contribution in [2.75, 3.05) is 11.8 Å². The third kappa shape index (κ3) is 3.22. The van der Waals surface area contributed by atoms with Gasteiger partial charge in [-0.1, -0.05) is 11.3 Å². The van der Waals surface area contributed by atoms with Crippen LogP contribution >= 0.6 is 15.9 Å². The highest BCUT2D eigenvalue weighted by molar-refractivity contribution is 9.10. The van der Waals surface area contributed by atoms with Gasteiger partial charge in [0.15, 0.2) is 4.60 Å². The first-order valence-corrected chi connectivity index (χ1v) is 8.03. The van der Waals surface area contributed by atoms with Gasteiger partial charge in [0.1, 0.15) is 0 Å². The summed E-state index contributed by atoms with van der Waals surface area (Å²) < 4.78 is 28.3. The molecule has 10 heteroatoms. The van der Waals surface area contributed by atoms with E-state index in [2.05, 4.69) is 36.3 Å². The first-order chi connectivity index (χ1) is 9.85. The Balaban J connectivity index is 2.36. The molecule has 2 N–H and O–H groups in total. The predicted octanol–water partition coefficient (Wildman–Crippen LogP) is 0.738. The Morgan fingerprint density at radius 3 is 2.67 bits per heavy atom. The van der Waals surface area contributed by atoms with Crippen molar-refractivity contribution in [3.05, 3.63) is 34.4 Å². The third-order valence-electron chi connectivity index (χ3n) is 2.60. The number of halogens is 1. The topological polar surface area (TPSA) is 106 Å². The molecule has 0 spiro atoms. The third-order valence-corrected chi connectivity index (χ3v) is 4.86. The number of nitrogens with one attached hydrogen (secondary N) is 2. The zero-order chi connectivity index (χ0) is 15.6. The number of aromatic nitrogens is 3. The van der Waals surface area contributed by atoms with Crippen LogP contribution in [-0.2, 0) is 17.1 Å². The number of benzene rings is 1. The number of nitrogens with zero attached hydrogens (tertiary/aromatic N) is 3. The van der Waals surface area contributed by atoms with E-state index in [1.807, 2.05) is 0 Å². The minimum absolute atomic E-state index is 0.104. The summed E-state index contributed by atoms with van der Waals surface area (Å²) >= 11 is 3.04. The number of carbonyl (C=O) groups is 1. The predicted molar refractivity (Wildman–Crippen MR) is 79.3 cm³/mol. The van der Waals surface area contributed by atoms with Crippen LogP contribution < -0.4 is 10.0 Å². The molecule has 0 saturated heterocycles. The average Bonchev–Trinajstić information content (AvgIpc) is 2.77. The summed E-state index contributed by atoms with van der Waals surface area (Å²) in [5.41, 5.74) is 0.615. The van der Waals surface area contributed by atoms with Gasteiger partial charge in [0.25, 0.3) is 15.9 Å². The van der Waals surface area contributed by atoms with Crippen LogP contribution in [0.3, 0.4) is 0 Å². The Hall–Kier alpha value is -1.94. The van der Waals surface area contributed by atoms with Crippen LogP contribution in [-0.4, -0.2) is 36.4 Å². The number of hydrogen-bond acceptors (Lipinski definition) is 5. The highest BCUT2D eigenvalue weighted by atomic mass is 79.9. The molecule has 0 fully saturated rings. The largest absolute Gasteiger partial charge is 0.355 e. The summed E-state index contributed by atoms with van der Waals surface area (Å²) in [6.45, 7) is 0. The van der Waals surface area contributed by atoms with Gasteiger partial charge in [-0.05, 0) is 34.1 Å². The van der Waals surface area contributed by atoms with Crippen molar-refractivity contribution >= 4 is 37.5 Å². The fraction of sp³-hybridized carbons (Fsp3) is 0.182. The summed E-state index contributed by atoms with van der Waals surface area (Å²) in [6.07, 6.45) is 0. The molecule has 0 bridgehead atoms. The molecule has 0 aliphatic carbocycles. The highest BCUT2D eigenvalue weighted by Crippen LogP contribution is 2.21. The number of rotatable bonds is 4. The van der Waals surface area contributed by atoms with E-state index in [4.69, 9.17) is 0 Å². The number of anilines is 1. The highest BCUT2D eigenvalue weighted by Gasteiger charge is 2.24. The van der Waals surface area contributed by atoms with E-state index in [9.17, 15) is 13.2 Å². The second-order valence-corrected chi connectivity index (χ2v) is 6.42. The molecule has 1 aromatic heterocycles. The molecule has 21 heavy (non-hydrogen) atoms. The van der Waals surface area contributed by atoms with Crippen molar-refractivity contribution in [3.63, 3.8) is 0 Å². The van der Waals surface area contributed by atoms with Crippen LogP contribution in [0, 0.1) is 0 Å². The van der Waals surface area contributed by atoms with Crippen molar-refractivity contribution in [1.82, 2.24) is 20.3 Å². The summed E-state index contributed by atoms with van der Waals surface area (Å²) in [5.74, 6) is -0.306. The van der Waals surface area contributed by atoms with Gasteiger partial charge in [0, 0.05) is 25.3 Å². The SMILES string of the molecule is CNC(=O)c1cccc(NS(=O)(=O)c2c(Br)nnn2C)c1. The number of sulfonamides is 1. The van der Waals surface area contributed by atoms with E-state index in [1.54, 1.807) is 18.2 Å². The maximum absolute atomic E-state index is 12.3. The van der Waals surface area contributed by atoms with Gasteiger partial charge in [-0.25, -0.2) is 4.68 Å². The summed E-state index contributed by atoms with van der Waals surface area (Å²) in [6, 6.07) is 6.15. The molecule has 1 amide bonds. The second kappa shape index (κ2) is 5.82. The first-order valence-electron chi connectivity index (χ1n) is 5.75. The molecule has 1 aromatic carbocycles. The maximum Gasteiger partial charge on any atom is 0.281 e. The molecule has 0 aliphatic heterocycles. The fourth-order valence-electron chi connectivity index (χ4n) is 1.68. The summed E-state index contributed by atoms with van der Waals surface area (Å²) in [5, 5.41) is 9.61. The van der Waals surface area contributed by atoms with E-state index in [0.717, 1.165) is 4.68 Å². The maximum atomic E-state index is 12.3. The zero-order valence-corrected chi connectivity index (χ0v) is 13.6. The van der Waals surface area contributed by atoms with Crippen molar-refractivity contribution < 1.29 is 13.2 Å². The van der Waals surface area contributed by atoms with E-state index in [-0.39, 0.29) is 21.2 Å². The minimum atomic E-state index is -3.87. The van der Waals surface area contributed by atoms with E-state index < -0.39 is 10.0 Å². The lowest BCUT2D eigenvalue weighted by atomic mass is 10.2. The van der Waals surface area contributed by atoms with Crippen LogP contribution in [0.25, 0.3) is 0 Å². The monoisotopic (exact) mass is 373 g/mol. The molecule has 8 nitrogen and oxygen atoms in total. The second-order valence-electron chi connectivity index (χ2n) is 4.07. The first kappa shape index (κ1) is 15.4. The van der Waals surface area contributed by atoms with Crippen molar-refractivity contribution in [2.45, 2.75) is 5.03 Å². The molecular formula is C11H12BrN5O3S. The Morgan fingerprint density at radius 2 is 2.10 bits per heavy atom. The molecule has 0 saturated carbocycles. The minimum Gasteiger partial charge on any atom is -0.355 e.